The van der Waals surface area contributed by atoms with Crippen LogP contribution in [0.1, 0.15) is 0 Å². The molecule has 4 rings (SSSR count). The van der Waals surface area contributed by atoms with Crippen LogP contribution in [-0.2, 0) is 9.59 Å². The molecule has 1 N–H and O–H groups in total. The maximum absolute atomic E-state index is 12.7. The van der Waals surface area contributed by atoms with Crippen molar-refractivity contribution >= 4 is 29.3 Å². The average molecular weight is 500 g/mol. The number of ether oxygens (including phenoxy) is 1. The Labute approximate surface area is 213 Å². The molecule has 1 heterocycles. The van der Waals surface area contributed by atoms with E-state index in [4.69, 9.17) is 9.72 Å². The van der Waals surface area contributed by atoms with E-state index in [1.54, 1.807) is 38.4 Å². The van der Waals surface area contributed by atoms with Crippen molar-refractivity contribution in [1.82, 2.24) is 20.1 Å². The fraction of sp³-hybridized carbons (Fsp3) is 0.148. The molecule has 8 nitrogen and oxygen atoms in total. The summed E-state index contributed by atoms with van der Waals surface area (Å²) >= 11 is 1.18. The molecule has 0 aliphatic carbocycles. The van der Waals surface area contributed by atoms with Crippen LogP contribution in [0.4, 0.5) is 5.69 Å². The number of thioether (sulfide) groups is 1. The number of benzene rings is 3. The quantitative estimate of drug-likeness (QED) is 0.341. The van der Waals surface area contributed by atoms with Gasteiger partial charge in [-0.05, 0) is 12.1 Å². The Morgan fingerprint density at radius 1 is 0.889 bits per heavy atom. The molecule has 0 aliphatic rings. The van der Waals surface area contributed by atoms with Gasteiger partial charge in [0.05, 0.1) is 19.4 Å². The summed E-state index contributed by atoms with van der Waals surface area (Å²) in [5.41, 5.74) is 3.78. The first kappa shape index (κ1) is 24.9. The van der Waals surface area contributed by atoms with Gasteiger partial charge in [0.15, 0.2) is 0 Å². The molecule has 0 radical (unpaired) electrons. The lowest BCUT2D eigenvalue weighted by Gasteiger charge is -2.16. The second-order valence-electron chi connectivity index (χ2n) is 7.84. The molecular formula is C27H25N5O3S. The number of hydrogen-bond acceptors (Lipinski definition) is 7. The highest BCUT2D eigenvalue weighted by Gasteiger charge is 2.17. The van der Waals surface area contributed by atoms with Crippen LogP contribution in [0.2, 0.25) is 0 Å². The summed E-state index contributed by atoms with van der Waals surface area (Å²) in [5.74, 6) is 0.178. The van der Waals surface area contributed by atoms with Crippen molar-refractivity contribution in [3.8, 4) is 28.3 Å². The first-order valence-electron chi connectivity index (χ1n) is 11.2. The summed E-state index contributed by atoms with van der Waals surface area (Å²) in [6, 6.07) is 26.5. The number of carbonyl (C=O) groups excluding carboxylic acids is 2. The summed E-state index contributed by atoms with van der Waals surface area (Å²) in [7, 11) is 3.14. The van der Waals surface area contributed by atoms with Crippen LogP contribution in [0, 0.1) is 0 Å². The third-order valence-corrected chi connectivity index (χ3v) is 6.07. The molecule has 0 saturated heterocycles. The van der Waals surface area contributed by atoms with Gasteiger partial charge in [-0.2, -0.15) is 0 Å². The molecule has 4 aromatic rings. The van der Waals surface area contributed by atoms with Crippen LogP contribution in [0.15, 0.2) is 90.1 Å². The highest BCUT2D eigenvalue weighted by atomic mass is 32.2. The maximum Gasteiger partial charge on any atom is 0.243 e. The van der Waals surface area contributed by atoms with E-state index in [1.807, 2.05) is 60.7 Å². The van der Waals surface area contributed by atoms with Gasteiger partial charge in [0.25, 0.3) is 0 Å². The van der Waals surface area contributed by atoms with E-state index in [9.17, 15) is 9.59 Å². The van der Waals surface area contributed by atoms with Crippen LogP contribution in [0.25, 0.3) is 22.5 Å². The van der Waals surface area contributed by atoms with Gasteiger partial charge < -0.3 is 15.0 Å². The van der Waals surface area contributed by atoms with Crippen molar-refractivity contribution < 1.29 is 14.3 Å². The SMILES string of the molecule is COc1cccc(NC(=O)CN(C)C(=O)CSc2nnc(-c3ccccc3)c(-c3ccccc3)n2)c1. The zero-order chi connectivity index (χ0) is 25.3. The molecule has 36 heavy (non-hydrogen) atoms. The summed E-state index contributed by atoms with van der Waals surface area (Å²) < 4.78 is 5.16. The van der Waals surface area contributed by atoms with E-state index in [-0.39, 0.29) is 24.1 Å². The summed E-state index contributed by atoms with van der Waals surface area (Å²) in [6.45, 7) is -0.0854. The number of aromatic nitrogens is 3. The average Bonchev–Trinajstić information content (AvgIpc) is 2.92. The number of carbonyl (C=O) groups is 2. The number of hydrogen-bond donors (Lipinski definition) is 1. The molecule has 9 heteroatoms. The summed E-state index contributed by atoms with van der Waals surface area (Å²) in [4.78, 5) is 31.1. The van der Waals surface area contributed by atoms with Crippen molar-refractivity contribution in [3.63, 3.8) is 0 Å². The second kappa shape index (κ2) is 11.9. The van der Waals surface area contributed by atoms with Gasteiger partial charge in [-0.15, -0.1) is 10.2 Å². The van der Waals surface area contributed by atoms with Gasteiger partial charge in [-0.3, -0.25) is 9.59 Å². The van der Waals surface area contributed by atoms with Gasteiger partial charge in [-0.1, -0.05) is 78.5 Å². The lowest BCUT2D eigenvalue weighted by atomic mass is 10.0. The largest absolute Gasteiger partial charge is 0.497 e. The summed E-state index contributed by atoms with van der Waals surface area (Å²) in [5, 5.41) is 11.8. The second-order valence-corrected chi connectivity index (χ2v) is 8.78. The molecule has 0 aliphatic heterocycles. The van der Waals surface area contributed by atoms with E-state index in [2.05, 4.69) is 15.5 Å². The summed E-state index contributed by atoms with van der Waals surface area (Å²) in [6.07, 6.45) is 0. The lowest BCUT2D eigenvalue weighted by molar-refractivity contribution is -0.131. The monoisotopic (exact) mass is 499 g/mol. The fourth-order valence-electron chi connectivity index (χ4n) is 3.40. The molecule has 182 valence electrons. The van der Waals surface area contributed by atoms with Gasteiger partial charge >= 0.3 is 0 Å². The van der Waals surface area contributed by atoms with Crippen molar-refractivity contribution in [3.05, 3.63) is 84.9 Å². The van der Waals surface area contributed by atoms with E-state index >= 15 is 0 Å². The number of rotatable bonds is 9. The number of likely N-dealkylation sites (N-methyl/N-ethyl adjacent to an activating group) is 1. The van der Waals surface area contributed by atoms with Crippen molar-refractivity contribution in [2.45, 2.75) is 5.16 Å². The van der Waals surface area contributed by atoms with Crippen molar-refractivity contribution in [1.29, 1.82) is 0 Å². The third kappa shape index (κ3) is 6.45. The van der Waals surface area contributed by atoms with Gasteiger partial charge in [0, 0.05) is 29.9 Å². The highest BCUT2D eigenvalue weighted by molar-refractivity contribution is 7.99. The predicted octanol–water partition coefficient (Wildman–Crippen LogP) is 4.40. The minimum absolute atomic E-state index is 0.0729. The van der Waals surface area contributed by atoms with E-state index in [0.29, 0.717) is 28.0 Å². The van der Waals surface area contributed by atoms with Crippen LogP contribution < -0.4 is 10.1 Å². The Kier molecular flexibility index (Phi) is 8.25. The molecule has 0 atom stereocenters. The number of nitrogens with zero attached hydrogens (tertiary/aromatic N) is 4. The number of amides is 2. The molecule has 0 unspecified atom stereocenters. The van der Waals surface area contributed by atoms with Crippen LogP contribution in [0.3, 0.4) is 0 Å². The molecule has 0 spiro atoms. The molecule has 3 aromatic carbocycles. The number of anilines is 1. The van der Waals surface area contributed by atoms with E-state index in [0.717, 1.165) is 11.1 Å². The van der Waals surface area contributed by atoms with Gasteiger partial charge in [0.1, 0.15) is 17.1 Å². The van der Waals surface area contributed by atoms with Crippen molar-refractivity contribution in [2.75, 3.05) is 31.8 Å². The Bertz CT molecular complexity index is 1340. The minimum Gasteiger partial charge on any atom is -0.497 e. The van der Waals surface area contributed by atoms with E-state index in [1.165, 1.54) is 16.7 Å². The number of methoxy groups -OCH3 is 1. The smallest absolute Gasteiger partial charge is 0.243 e. The Hall–Kier alpha value is -4.24. The molecule has 0 bridgehead atoms. The zero-order valence-electron chi connectivity index (χ0n) is 19.9. The zero-order valence-corrected chi connectivity index (χ0v) is 20.7. The molecule has 0 saturated carbocycles. The predicted molar refractivity (Wildman–Crippen MR) is 141 cm³/mol. The first-order chi connectivity index (χ1) is 17.5. The molecule has 1 aromatic heterocycles. The Balaban J connectivity index is 1.41. The highest BCUT2D eigenvalue weighted by Crippen LogP contribution is 2.29. The van der Waals surface area contributed by atoms with Gasteiger partial charge in [-0.25, -0.2) is 4.98 Å². The van der Waals surface area contributed by atoms with Crippen LogP contribution >= 0.6 is 11.8 Å². The Morgan fingerprint density at radius 3 is 2.22 bits per heavy atom. The Morgan fingerprint density at radius 2 is 1.56 bits per heavy atom. The standard InChI is InChI=1S/C27H25N5O3S/c1-32(17-23(33)28-21-14-9-15-22(16-21)35-2)24(34)18-36-27-29-25(19-10-5-3-6-11-19)26(30-31-27)20-12-7-4-8-13-20/h3-16H,17-18H2,1-2H3,(H,28,33). The third-order valence-electron chi connectivity index (χ3n) is 5.25. The molecule has 0 fully saturated rings. The van der Waals surface area contributed by atoms with E-state index < -0.39 is 0 Å². The minimum atomic E-state index is -0.305. The normalized spacial score (nSPS) is 10.5. The molecule has 2 amide bonds. The fourth-order valence-corrected chi connectivity index (χ4v) is 4.13. The lowest BCUT2D eigenvalue weighted by Crippen LogP contribution is -2.36. The van der Waals surface area contributed by atoms with Crippen molar-refractivity contribution in [2.24, 2.45) is 0 Å². The first-order valence-corrected chi connectivity index (χ1v) is 12.2. The van der Waals surface area contributed by atoms with Crippen LogP contribution in [0.5, 0.6) is 5.75 Å². The van der Waals surface area contributed by atoms with Gasteiger partial charge in [0.2, 0.25) is 17.0 Å². The molecular weight excluding hydrogens is 474 g/mol. The maximum atomic E-state index is 12.7. The number of nitrogens with one attached hydrogen (secondary N) is 1. The van der Waals surface area contributed by atoms with Crippen LogP contribution in [-0.4, -0.2) is 58.4 Å². The topological polar surface area (TPSA) is 97.3 Å².